The van der Waals surface area contributed by atoms with Crippen LogP contribution in [0.1, 0.15) is 10.4 Å². The Balaban J connectivity index is 1.66. The molecule has 0 bridgehead atoms. The molecule has 3 rings (SSSR count). The van der Waals surface area contributed by atoms with E-state index < -0.39 is 5.82 Å². The van der Waals surface area contributed by atoms with Gasteiger partial charge in [-0.05, 0) is 30.3 Å². The zero-order valence-electron chi connectivity index (χ0n) is 11.9. The second-order valence-electron chi connectivity index (χ2n) is 5.12. The summed E-state index contributed by atoms with van der Waals surface area (Å²) in [5.41, 5.74) is 1.47. The van der Waals surface area contributed by atoms with E-state index >= 15 is 0 Å². The summed E-state index contributed by atoms with van der Waals surface area (Å²) >= 11 is 5.74. The number of pyridine rings is 1. The van der Waals surface area contributed by atoms with Gasteiger partial charge in [-0.1, -0.05) is 11.6 Å². The van der Waals surface area contributed by atoms with Crippen molar-refractivity contribution in [2.75, 3.05) is 31.1 Å². The van der Waals surface area contributed by atoms with E-state index in [1.807, 2.05) is 18.3 Å². The number of nitrogens with zero attached hydrogens (tertiary/aromatic N) is 3. The van der Waals surface area contributed by atoms with Crippen LogP contribution in [0.15, 0.2) is 42.7 Å². The molecule has 1 fully saturated rings. The second kappa shape index (κ2) is 6.32. The third-order valence-electron chi connectivity index (χ3n) is 3.74. The maximum atomic E-state index is 13.2. The Kier molecular flexibility index (Phi) is 4.24. The molecule has 1 aromatic heterocycles. The highest BCUT2D eigenvalue weighted by atomic mass is 35.5. The number of amides is 1. The normalized spacial score (nSPS) is 15.0. The lowest BCUT2D eigenvalue weighted by Gasteiger charge is -2.36. The Morgan fingerprint density at radius 2 is 1.95 bits per heavy atom. The van der Waals surface area contributed by atoms with E-state index in [9.17, 15) is 9.18 Å². The Labute approximate surface area is 133 Å². The number of carbonyl (C=O) groups excluding carboxylic acids is 1. The van der Waals surface area contributed by atoms with Gasteiger partial charge in [0.1, 0.15) is 5.82 Å². The number of anilines is 1. The summed E-state index contributed by atoms with van der Waals surface area (Å²) in [5.74, 6) is -0.632. The van der Waals surface area contributed by atoms with E-state index in [1.165, 1.54) is 18.2 Å². The van der Waals surface area contributed by atoms with Crippen LogP contribution < -0.4 is 4.90 Å². The van der Waals surface area contributed by atoms with Crippen molar-refractivity contribution in [3.05, 3.63) is 59.1 Å². The predicted octanol–water partition coefficient (Wildman–Crippen LogP) is 2.84. The summed E-state index contributed by atoms with van der Waals surface area (Å²) < 4.78 is 13.2. The molecule has 2 heterocycles. The number of halogens is 2. The first-order valence-electron chi connectivity index (χ1n) is 7.04. The second-order valence-corrected chi connectivity index (χ2v) is 5.53. The van der Waals surface area contributed by atoms with Crippen LogP contribution in [0.5, 0.6) is 0 Å². The first-order chi connectivity index (χ1) is 10.6. The number of benzene rings is 1. The largest absolute Gasteiger partial charge is 0.367 e. The molecule has 1 aromatic carbocycles. The summed E-state index contributed by atoms with van der Waals surface area (Å²) in [7, 11) is 0. The fourth-order valence-corrected chi connectivity index (χ4v) is 2.70. The molecular weight excluding hydrogens is 305 g/mol. The first kappa shape index (κ1) is 14.8. The SMILES string of the molecule is O=C(c1ccc(F)c(Cl)c1)N1CCN(c2cccnc2)CC1. The van der Waals surface area contributed by atoms with Gasteiger partial charge >= 0.3 is 0 Å². The van der Waals surface area contributed by atoms with Gasteiger partial charge < -0.3 is 9.80 Å². The van der Waals surface area contributed by atoms with Crippen molar-refractivity contribution >= 4 is 23.2 Å². The van der Waals surface area contributed by atoms with Gasteiger partial charge in [0.15, 0.2) is 0 Å². The van der Waals surface area contributed by atoms with E-state index in [1.54, 1.807) is 11.1 Å². The minimum atomic E-state index is -0.514. The molecule has 6 heteroatoms. The van der Waals surface area contributed by atoms with Crippen molar-refractivity contribution in [2.24, 2.45) is 0 Å². The van der Waals surface area contributed by atoms with Gasteiger partial charge in [0, 0.05) is 37.9 Å². The van der Waals surface area contributed by atoms with E-state index in [2.05, 4.69) is 9.88 Å². The molecular formula is C16H15ClFN3O. The molecule has 4 nitrogen and oxygen atoms in total. The molecule has 1 aliphatic rings. The molecule has 0 spiro atoms. The van der Waals surface area contributed by atoms with Gasteiger partial charge in [-0.15, -0.1) is 0 Å². The monoisotopic (exact) mass is 319 g/mol. The van der Waals surface area contributed by atoms with Crippen molar-refractivity contribution in [3.8, 4) is 0 Å². The number of carbonyl (C=O) groups is 1. The Morgan fingerprint density at radius 1 is 1.18 bits per heavy atom. The number of aromatic nitrogens is 1. The lowest BCUT2D eigenvalue weighted by atomic mass is 10.1. The summed E-state index contributed by atoms with van der Waals surface area (Å²) in [6.07, 6.45) is 3.55. The average molecular weight is 320 g/mol. The maximum Gasteiger partial charge on any atom is 0.254 e. The number of hydrogen-bond acceptors (Lipinski definition) is 3. The fraction of sp³-hybridized carbons (Fsp3) is 0.250. The van der Waals surface area contributed by atoms with Crippen LogP contribution >= 0.6 is 11.6 Å². The molecule has 1 aliphatic heterocycles. The van der Waals surface area contributed by atoms with Crippen LogP contribution in [0.4, 0.5) is 10.1 Å². The molecule has 22 heavy (non-hydrogen) atoms. The predicted molar refractivity (Wildman–Crippen MR) is 83.8 cm³/mol. The van der Waals surface area contributed by atoms with Gasteiger partial charge in [-0.2, -0.15) is 0 Å². The quantitative estimate of drug-likeness (QED) is 0.854. The molecule has 0 radical (unpaired) electrons. The highest BCUT2D eigenvalue weighted by Gasteiger charge is 2.22. The summed E-state index contributed by atoms with van der Waals surface area (Å²) in [5, 5.41) is -0.0279. The third-order valence-corrected chi connectivity index (χ3v) is 4.03. The zero-order chi connectivity index (χ0) is 15.5. The van der Waals surface area contributed by atoms with Gasteiger partial charge in [0.05, 0.1) is 16.9 Å². The van der Waals surface area contributed by atoms with Crippen molar-refractivity contribution in [1.82, 2.24) is 9.88 Å². The van der Waals surface area contributed by atoms with E-state index in [4.69, 9.17) is 11.6 Å². The van der Waals surface area contributed by atoms with E-state index in [0.717, 1.165) is 18.8 Å². The van der Waals surface area contributed by atoms with Crippen LogP contribution in [0.3, 0.4) is 0 Å². The molecule has 114 valence electrons. The topological polar surface area (TPSA) is 36.4 Å². The molecule has 0 aliphatic carbocycles. The van der Waals surface area contributed by atoms with Crippen LogP contribution in [-0.4, -0.2) is 42.0 Å². The molecule has 0 N–H and O–H groups in total. The molecule has 0 atom stereocenters. The van der Waals surface area contributed by atoms with Gasteiger partial charge in [-0.25, -0.2) is 4.39 Å². The van der Waals surface area contributed by atoms with Crippen LogP contribution in [-0.2, 0) is 0 Å². The average Bonchev–Trinajstić information content (AvgIpc) is 2.58. The minimum Gasteiger partial charge on any atom is -0.367 e. The fourth-order valence-electron chi connectivity index (χ4n) is 2.52. The lowest BCUT2D eigenvalue weighted by molar-refractivity contribution is 0.0746. The summed E-state index contributed by atoms with van der Waals surface area (Å²) in [4.78, 5) is 20.5. The van der Waals surface area contributed by atoms with Crippen molar-refractivity contribution in [1.29, 1.82) is 0 Å². The lowest BCUT2D eigenvalue weighted by Crippen LogP contribution is -2.48. The summed E-state index contributed by atoms with van der Waals surface area (Å²) in [6, 6.07) is 7.98. The highest BCUT2D eigenvalue weighted by Crippen LogP contribution is 2.19. The number of hydrogen-bond donors (Lipinski definition) is 0. The van der Waals surface area contributed by atoms with Crippen molar-refractivity contribution in [2.45, 2.75) is 0 Å². The molecule has 0 unspecified atom stereocenters. The third kappa shape index (κ3) is 3.04. The molecule has 1 amide bonds. The van der Waals surface area contributed by atoms with E-state index in [0.29, 0.717) is 18.7 Å². The molecule has 2 aromatic rings. The molecule has 1 saturated heterocycles. The minimum absolute atomic E-state index is 0.0279. The number of piperazine rings is 1. The zero-order valence-corrected chi connectivity index (χ0v) is 12.6. The van der Waals surface area contributed by atoms with Crippen LogP contribution in [0.2, 0.25) is 5.02 Å². The van der Waals surface area contributed by atoms with Gasteiger partial charge in [-0.3, -0.25) is 9.78 Å². The van der Waals surface area contributed by atoms with Crippen LogP contribution in [0, 0.1) is 5.82 Å². The Bertz CT molecular complexity index is 672. The Morgan fingerprint density at radius 3 is 2.59 bits per heavy atom. The van der Waals surface area contributed by atoms with Gasteiger partial charge in [0.25, 0.3) is 5.91 Å². The summed E-state index contributed by atoms with van der Waals surface area (Å²) in [6.45, 7) is 2.71. The smallest absolute Gasteiger partial charge is 0.254 e. The first-order valence-corrected chi connectivity index (χ1v) is 7.42. The van der Waals surface area contributed by atoms with E-state index in [-0.39, 0.29) is 10.9 Å². The standard InChI is InChI=1S/C16H15ClFN3O/c17-14-10-12(3-4-15(14)18)16(22)21-8-6-20(7-9-21)13-2-1-5-19-11-13/h1-5,10-11H,6-9H2. The Hall–Kier alpha value is -2.14. The maximum absolute atomic E-state index is 13.2. The van der Waals surface area contributed by atoms with Crippen LogP contribution in [0.25, 0.3) is 0 Å². The van der Waals surface area contributed by atoms with Gasteiger partial charge in [0.2, 0.25) is 0 Å². The highest BCUT2D eigenvalue weighted by molar-refractivity contribution is 6.31. The molecule has 0 saturated carbocycles. The number of rotatable bonds is 2. The van der Waals surface area contributed by atoms with Crippen molar-refractivity contribution in [3.63, 3.8) is 0 Å². The van der Waals surface area contributed by atoms with Crippen molar-refractivity contribution < 1.29 is 9.18 Å².